The van der Waals surface area contributed by atoms with Gasteiger partial charge in [-0.05, 0) is 24.3 Å². The van der Waals surface area contributed by atoms with Crippen molar-refractivity contribution in [2.24, 2.45) is 11.8 Å². The maximum Gasteiger partial charge on any atom is 0.231 e. The number of pyridine rings is 2. The summed E-state index contributed by atoms with van der Waals surface area (Å²) >= 11 is 0. The van der Waals surface area contributed by atoms with Gasteiger partial charge >= 0.3 is 0 Å². The number of aromatic nitrogens is 2. The number of carbonyl (C=O) groups excluding carboxylic acids is 2. The first kappa shape index (κ1) is 15.5. The third-order valence-electron chi connectivity index (χ3n) is 4.36. The van der Waals surface area contributed by atoms with Crippen LogP contribution in [0.5, 0.6) is 0 Å². The normalized spacial score (nSPS) is 26.4. The molecule has 2 aliphatic heterocycles. The predicted molar refractivity (Wildman–Crippen MR) is 90.5 cm³/mol. The molecular formula is C18H16N4O3. The third kappa shape index (κ3) is 3.01. The van der Waals surface area contributed by atoms with E-state index in [0.29, 0.717) is 11.4 Å². The predicted octanol–water partition coefficient (Wildman–Crippen LogP) is 1.62. The Morgan fingerprint density at radius 3 is 1.72 bits per heavy atom. The molecule has 2 N–H and O–H groups in total. The Kier molecular flexibility index (Phi) is 3.99. The van der Waals surface area contributed by atoms with Gasteiger partial charge in [-0.3, -0.25) is 19.6 Å². The van der Waals surface area contributed by atoms with Gasteiger partial charge in [0.15, 0.2) is 0 Å². The summed E-state index contributed by atoms with van der Waals surface area (Å²) < 4.78 is 5.75. The minimum absolute atomic E-state index is 0.254. The monoisotopic (exact) mass is 336 g/mol. The fraction of sp³-hybridized carbons (Fsp3) is 0.222. The zero-order valence-corrected chi connectivity index (χ0v) is 13.2. The highest BCUT2D eigenvalue weighted by molar-refractivity contribution is 6.01. The number of nitrogens with zero attached hydrogens (tertiary/aromatic N) is 2. The summed E-state index contributed by atoms with van der Waals surface area (Å²) in [4.78, 5) is 33.4. The fourth-order valence-corrected chi connectivity index (χ4v) is 3.26. The van der Waals surface area contributed by atoms with Crippen LogP contribution in [-0.4, -0.2) is 34.0 Å². The standard InChI is InChI=1S/C18H16N4O3/c23-17(21-11-3-1-7-19-9-11)15-13-5-6-14(25-13)16(15)18(24)22-12-4-2-8-20-10-12/h1-10,13-16H,(H,21,23)(H,22,24). The van der Waals surface area contributed by atoms with Crippen LogP contribution in [0.25, 0.3) is 0 Å². The summed E-state index contributed by atoms with van der Waals surface area (Å²) in [6.45, 7) is 0. The maximum absolute atomic E-state index is 12.7. The van der Waals surface area contributed by atoms with E-state index in [1.54, 1.807) is 49.1 Å². The number of anilines is 2. The van der Waals surface area contributed by atoms with Crippen molar-refractivity contribution in [3.63, 3.8) is 0 Å². The largest absolute Gasteiger partial charge is 0.365 e. The van der Waals surface area contributed by atoms with Gasteiger partial charge in [-0.25, -0.2) is 0 Å². The topological polar surface area (TPSA) is 93.2 Å². The van der Waals surface area contributed by atoms with Crippen LogP contribution in [0.15, 0.2) is 61.2 Å². The lowest BCUT2D eigenvalue weighted by Gasteiger charge is -2.23. The number of hydrogen-bond donors (Lipinski definition) is 2. The number of nitrogens with one attached hydrogen (secondary N) is 2. The molecule has 4 atom stereocenters. The zero-order chi connectivity index (χ0) is 17.2. The molecule has 0 aromatic carbocycles. The lowest BCUT2D eigenvalue weighted by Crippen LogP contribution is -2.41. The summed E-state index contributed by atoms with van der Waals surface area (Å²) in [5.74, 6) is -1.69. The average Bonchev–Trinajstić information content (AvgIpc) is 3.24. The zero-order valence-electron chi connectivity index (χ0n) is 13.2. The lowest BCUT2D eigenvalue weighted by atomic mass is 9.81. The molecule has 2 amide bonds. The minimum Gasteiger partial charge on any atom is -0.365 e. The Hall–Kier alpha value is -3.06. The molecule has 7 heteroatoms. The fourth-order valence-electron chi connectivity index (χ4n) is 3.26. The number of rotatable bonds is 4. The molecule has 0 radical (unpaired) electrons. The summed E-state index contributed by atoms with van der Waals surface area (Å²) in [6, 6.07) is 6.97. The first-order valence-electron chi connectivity index (χ1n) is 7.98. The van der Waals surface area contributed by atoms with Gasteiger partial charge < -0.3 is 15.4 Å². The highest BCUT2D eigenvalue weighted by Gasteiger charge is 2.52. The smallest absolute Gasteiger partial charge is 0.231 e. The summed E-state index contributed by atoms with van der Waals surface area (Å²) in [5, 5.41) is 5.62. The van der Waals surface area contributed by atoms with Crippen molar-refractivity contribution in [3.05, 3.63) is 61.2 Å². The van der Waals surface area contributed by atoms with Crippen molar-refractivity contribution in [2.75, 3.05) is 10.6 Å². The summed E-state index contributed by atoms with van der Waals surface area (Å²) in [6.07, 6.45) is 9.27. The molecule has 0 saturated carbocycles. The first-order chi connectivity index (χ1) is 12.2. The van der Waals surface area contributed by atoms with Gasteiger partial charge in [0.1, 0.15) is 0 Å². The number of fused-ring (bicyclic) bond motifs is 2. The lowest BCUT2D eigenvalue weighted by molar-refractivity contribution is -0.128. The molecule has 2 aromatic rings. The molecule has 1 saturated heterocycles. The Bertz CT molecular complexity index is 742. The van der Waals surface area contributed by atoms with Crippen LogP contribution in [-0.2, 0) is 14.3 Å². The van der Waals surface area contributed by atoms with Gasteiger partial charge in [-0.2, -0.15) is 0 Å². The second-order valence-electron chi connectivity index (χ2n) is 5.96. The molecule has 1 fully saturated rings. The number of amides is 2. The van der Waals surface area contributed by atoms with E-state index < -0.39 is 24.0 Å². The molecule has 4 rings (SSSR count). The van der Waals surface area contributed by atoms with Crippen molar-refractivity contribution in [1.29, 1.82) is 0 Å². The molecule has 4 unspecified atom stereocenters. The van der Waals surface area contributed by atoms with Crippen LogP contribution >= 0.6 is 0 Å². The van der Waals surface area contributed by atoms with E-state index >= 15 is 0 Å². The van der Waals surface area contributed by atoms with Gasteiger partial charge in [-0.1, -0.05) is 12.2 Å². The molecular weight excluding hydrogens is 320 g/mol. The van der Waals surface area contributed by atoms with Gasteiger partial charge in [0, 0.05) is 12.4 Å². The quantitative estimate of drug-likeness (QED) is 0.828. The molecule has 2 aromatic heterocycles. The van der Waals surface area contributed by atoms with E-state index in [-0.39, 0.29) is 11.8 Å². The Morgan fingerprint density at radius 2 is 1.32 bits per heavy atom. The SMILES string of the molecule is O=C(Nc1cccnc1)C1C2C=CC(O2)C1C(=O)Nc1cccnc1. The van der Waals surface area contributed by atoms with Gasteiger partial charge in [-0.15, -0.1) is 0 Å². The van der Waals surface area contributed by atoms with Crippen molar-refractivity contribution >= 4 is 23.2 Å². The maximum atomic E-state index is 12.7. The van der Waals surface area contributed by atoms with Crippen LogP contribution in [0.3, 0.4) is 0 Å². The highest BCUT2D eigenvalue weighted by atomic mass is 16.5. The number of ether oxygens (including phenoxy) is 1. The van der Waals surface area contributed by atoms with Crippen LogP contribution in [0.2, 0.25) is 0 Å². The van der Waals surface area contributed by atoms with Gasteiger partial charge in [0.2, 0.25) is 11.8 Å². The number of hydrogen-bond acceptors (Lipinski definition) is 5. The molecule has 0 aliphatic carbocycles. The Labute approximate surface area is 144 Å². The number of carbonyl (C=O) groups is 2. The van der Waals surface area contributed by atoms with Gasteiger partial charge in [0.05, 0.1) is 47.8 Å². The van der Waals surface area contributed by atoms with Crippen LogP contribution in [0.4, 0.5) is 11.4 Å². The van der Waals surface area contributed by atoms with E-state index in [4.69, 9.17) is 4.74 Å². The first-order valence-corrected chi connectivity index (χ1v) is 7.98. The Morgan fingerprint density at radius 1 is 0.840 bits per heavy atom. The van der Waals surface area contributed by atoms with E-state index in [0.717, 1.165) is 0 Å². The molecule has 2 bridgehead atoms. The van der Waals surface area contributed by atoms with E-state index in [2.05, 4.69) is 20.6 Å². The molecule has 126 valence electrons. The molecule has 25 heavy (non-hydrogen) atoms. The molecule has 2 aliphatic rings. The minimum atomic E-state index is -0.591. The van der Waals surface area contributed by atoms with Crippen LogP contribution in [0, 0.1) is 11.8 Å². The van der Waals surface area contributed by atoms with E-state index in [1.807, 2.05) is 12.2 Å². The molecule has 0 spiro atoms. The Balaban J connectivity index is 1.52. The summed E-state index contributed by atoms with van der Waals surface area (Å²) in [5.41, 5.74) is 1.18. The van der Waals surface area contributed by atoms with Crippen molar-refractivity contribution in [1.82, 2.24) is 9.97 Å². The van der Waals surface area contributed by atoms with Crippen LogP contribution in [0.1, 0.15) is 0 Å². The second kappa shape index (κ2) is 6.45. The average molecular weight is 336 g/mol. The van der Waals surface area contributed by atoms with Crippen molar-refractivity contribution in [2.45, 2.75) is 12.2 Å². The summed E-state index contributed by atoms with van der Waals surface area (Å²) in [7, 11) is 0. The van der Waals surface area contributed by atoms with Gasteiger partial charge in [0.25, 0.3) is 0 Å². The third-order valence-corrected chi connectivity index (χ3v) is 4.36. The van der Waals surface area contributed by atoms with E-state index in [9.17, 15) is 9.59 Å². The van der Waals surface area contributed by atoms with Crippen LogP contribution < -0.4 is 10.6 Å². The van der Waals surface area contributed by atoms with Crippen molar-refractivity contribution < 1.29 is 14.3 Å². The van der Waals surface area contributed by atoms with Crippen molar-refractivity contribution in [3.8, 4) is 0 Å². The highest BCUT2D eigenvalue weighted by Crippen LogP contribution is 2.40. The molecule has 7 nitrogen and oxygen atoms in total. The van der Waals surface area contributed by atoms with E-state index in [1.165, 1.54) is 0 Å². The molecule has 4 heterocycles. The second-order valence-corrected chi connectivity index (χ2v) is 5.96.